The smallest absolute Gasteiger partial charge is 0.234 e. The van der Waals surface area contributed by atoms with Crippen molar-refractivity contribution in [1.29, 1.82) is 0 Å². The van der Waals surface area contributed by atoms with E-state index >= 15 is 0 Å². The quantitative estimate of drug-likeness (QED) is 0.820. The predicted molar refractivity (Wildman–Crippen MR) is 89.8 cm³/mol. The second-order valence-electron chi connectivity index (χ2n) is 5.74. The lowest BCUT2D eigenvalue weighted by molar-refractivity contribution is -0.125. The molecular formula is C17H20N2O3S. The largest absolute Gasteiger partial charge is 0.291 e. The van der Waals surface area contributed by atoms with E-state index in [1.54, 1.807) is 18.2 Å². The summed E-state index contributed by atoms with van der Waals surface area (Å²) in [6, 6.07) is 6.73. The SMILES string of the molecule is C#CCS(=O)(=O)c1cccc(/C(C)=C/C2NNC(=O)CC2C)c1. The van der Waals surface area contributed by atoms with Gasteiger partial charge < -0.3 is 0 Å². The first kappa shape index (κ1) is 17.3. The Balaban J connectivity index is 2.26. The van der Waals surface area contributed by atoms with Gasteiger partial charge in [-0.05, 0) is 36.1 Å². The Bertz CT molecular complexity index is 775. The van der Waals surface area contributed by atoms with Crippen molar-refractivity contribution in [1.82, 2.24) is 10.9 Å². The Kier molecular flexibility index (Phi) is 5.24. The second kappa shape index (κ2) is 6.99. The number of benzene rings is 1. The van der Waals surface area contributed by atoms with Gasteiger partial charge >= 0.3 is 0 Å². The minimum atomic E-state index is -3.45. The first-order chi connectivity index (χ1) is 10.8. The lowest BCUT2D eigenvalue weighted by atomic mass is 9.93. The molecule has 1 aliphatic heterocycles. The molecule has 23 heavy (non-hydrogen) atoms. The van der Waals surface area contributed by atoms with Crippen molar-refractivity contribution in [3.05, 3.63) is 35.9 Å². The number of hydrogen-bond donors (Lipinski definition) is 2. The van der Waals surface area contributed by atoms with Crippen molar-refractivity contribution in [2.75, 3.05) is 5.75 Å². The van der Waals surface area contributed by atoms with E-state index in [0.29, 0.717) is 6.42 Å². The number of sulfone groups is 1. The van der Waals surface area contributed by atoms with Gasteiger partial charge in [-0.2, -0.15) is 0 Å². The van der Waals surface area contributed by atoms with Gasteiger partial charge in [0.05, 0.1) is 4.90 Å². The molecule has 0 aliphatic carbocycles. The Morgan fingerprint density at radius 3 is 2.87 bits per heavy atom. The summed E-state index contributed by atoms with van der Waals surface area (Å²) < 4.78 is 24.1. The minimum Gasteiger partial charge on any atom is -0.291 e. The molecule has 6 heteroatoms. The molecule has 1 aromatic carbocycles. The molecule has 0 aromatic heterocycles. The minimum absolute atomic E-state index is 0.00123. The van der Waals surface area contributed by atoms with Crippen LogP contribution >= 0.6 is 0 Å². The molecule has 1 aliphatic rings. The molecule has 1 fully saturated rings. The molecule has 0 radical (unpaired) electrons. The van der Waals surface area contributed by atoms with E-state index in [1.807, 2.05) is 26.0 Å². The number of terminal acetylenes is 1. The number of carbonyl (C=O) groups is 1. The summed E-state index contributed by atoms with van der Waals surface area (Å²) in [7, 11) is -3.45. The van der Waals surface area contributed by atoms with E-state index < -0.39 is 9.84 Å². The molecule has 2 atom stereocenters. The van der Waals surface area contributed by atoms with E-state index in [2.05, 4.69) is 16.8 Å². The van der Waals surface area contributed by atoms with Gasteiger partial charge in [-0.25, -0.2) is 13.8 Å². The van der Waals surface area contributed by atoms with Crippen LogP contribution < -0.4 is 10.9 Å². The van der Waals surface area contributed by atoms with Crippen molar-refractivity contribution in [2.24, 2.45) is 5.92 Å². The Morgan fingerprint density at radius 2 is 2.22 bits per heavy atom. The van der Waals surface area contributed by atoms with Crippen LogP contribution in [0, 0.1) is 18.3 Å². The fraction of sp³-hybridized carbons (Fsp3) is 0.353. The van der Waals surface area contributed by atoms with Crippen LogP contribution in [0.3, 0.4) is 0 Å². The lowest BCUT2D eigenvalue weighted by Crippen LogP contribution is -2.52. The van der Waals surface area contributed by atoms with Crippen LogP contribution in [-0.4, -0.2) is 26.1 Å². The molecule has 2 rings (SSSR count). The zero-order valence-electron chi connectivity index (χ0n) is 13.2. The normalized spacial score (nSPS) is 22.3. The number of nitrogens with one attached hydrogen (secondary N) is 2. The average molecular weight is 332 g/mol. The van der Waals surface area contributed by atoms with E-state index in [9.17, 15) is 13.2 Å². The Morgan fingerprint density at radius 1 is 1.48 bits per heavy atom. The molecule has 5 nitrogen and oxygen atoms in total. The van der Waals surface area contributed by atoms with Crippen LogP contribution in [0.5, 0.6) is 0 Å². The van der Waals surface area contributed by atoms with Crippen LogP contribution in [0.1, 0.15) is 25.8 Å². The maximum absolute atomic E-state index is 12.1. The van der Waals surface area contributed by atoms with Gasteiger partial charge in [0.25, 0.3) is 0 Å². The molecule has 1 amide bonds. The van der Waals surface area contributed by atoms with Gasteiger partial charge in [-0.3, -0.25) is 10.2 Å². The second-order valence-corrected chi connectivity index (χ2v) is 7.73. The summed E-state index contributed by atoms with van der Waals surface area (Å²) in [6.07, 6.45) is 7.57. The molecule has 1 heterocycles. The first-order valence-electron chi connectivity index (χ1n) is 7.33. The van der Waals surface area contributed by atoms with Crippen LogP contribution in [0.2, 0.25) is 0 Å². The lowest BCUT2D eigenvalue weighted by Gasteiger charge is -2.28. The van der Waals surface area contributed by atoms with Gasteiger partial charge in [0.2, 0.25) is 5.91 Å². The fourth-order valence-corrected chi connectivity index (χ4v) is 3.45. The van der Waals surface area contributed by atoms with E-state index in [1.165, 1.54) is 0 Å². The molecule has 1 aromatic rings. The summed E-state index contributed by atoms with van der Waals surface area (Å²) >= 11 is 0. The maximum Gasteiger partial charge on any atom is 0.234 e. The number of amides is 1. The first-order valence-corrected chi connectivity index (χ1v) is 8.98. The molecule has 0 spiro atoms. The number of allylic oxidation sites excluding steroid dienone is 1. The summed E-state index contributed by atoms with van der Waals surface area (Å²) in [5.74, 6) is 2.00. The molecule has 0 saturated carbocycles. The summed E-state index contributed by atoms with van der Waals surface area (Å²) in [4.78, 5) is 11.5. The standard InChI is InChI=1S/C17H20N2O3S/c1-4-8-23(21,22)15-7-5-6-14(11-15)12(2)9-16-13(3)10-17(20)19-18-16/h1,5-7,9,11,13,16,18H,8,10H2,2-3H3,(H,19,20)/b12-9+. The fourth-order valence-electron chi connectivity index (χ4n) is 2.48. The van der Waals surface area contributed by atoms with Gasteiger partial charge in [-0.15, -0.1) is 6.42 Å². The topological polar surface area (TPSA) is 75.3 Å². The summed E-state index contributed by atoms with van der Waals surface area (Å²) in [5, 5.41) is 0. The molecule has 0 bridgehead atoms. The van der Waals surface area contributed by atoms with Crippen LogP contribution in [0.25, 0.3) is 5.57 Å². The highest BCUT2D eigenvalue weighted by Crippen LogP contribution is 2.22. The van der Waals surface area contributed by atoms with Gasteiger partial charge in [0.15, 0.2) is 9.84 Å². The van der Waals surface area contributed by atoms with Gasteiger partial charge in [0.1, 0.15) is 5.75 Å². The van der Waals surface area contributed by atoms with Crippen molar-refractivity contribution < 1.29 is 13.2 Å². The third kappa shape index (κ3) is 4.21. The molecule has 2 unspecified atom stereocenters. The van der Waals surface area contributed by atoms with Crippen molar-refractivity contribution >= 4 is 21.3 Å². The number of carbonyl (C=O) groups excluding carboxylic acids is 1. The molecular weight excluding hydrogens is 312 g/mol. The highest BCUT2D eigenvalue weighted by atomic mass is 32.2. The van der Waals surface area contributed by atoms with Crippen molar-refractivity contribution in [3.63, 3.8) is 0 Å². The highest BCUT2D eigenvalue weighted by molar-refractivity contribution is 7.91. The zero-order valence-corrected chi connectivity index (χ0v) is 14.0. The maximum atomic E-state index is 12.1. The number of rotatable bonds is 4. The van der Waals surface area contributed by atoms with Gasteiger partial charge in [0, 0.05) is 12.5 Å². The third-order valence-electron chi connectivity index (χ3n) is 3.85. The molecule has 122 valence electrons. The Hall–Kier alpha value is -2.10. The average Bonchev–Trinajstić information content (AvgIpc) is 2.50. The van der Waals surface area contributed by atoms with E-state index in [-0.39, 0.29) is 28.5 Å². The van der Waals surface area contributed by atoms with Crippen LogP contribution in [-0.2, 0) is 14.6 Å². The van der Waals surface area contributed by atoms with Crippen LogP contribution in [0.15, 0.2) is 35.2 Å². The van der Waals surface area contributed by atoms with Crippen molar-refractivity contribution in [2.45, 2.75) is 31.2 Å². The zero-order chi connectivity index (χ0) is 17.0. The third-order valence-corrected chi connectivity index (χ3v) is 5.37. The number of hydrogen-bond acceptors (Lipinski definition) is 4. The monoisotopic (exact) mass is 332 g/mol. The Labute approximate surface area is 137 Å². The number of hydrazine groups is 1. The van der Waals surface area contributed by atoms with E-state index in [0.717, 1.165) is 11.1 Å². The summed E-state index contributed by atoms with van der Waals surface area (Å²) in [6.45, 7) is 3.91. The van der Waals surface area contributed by atoms with Crippen molar-refractivity contribution in [3.8, 4) is 12.3 Å². The van der Waals surface area contributed by atoms with Gasteiger partial charge in [-0.1, -0.05) is 31.1 Å². The molecule has 2 N–H and O–H groups in total. The van der Waals surface area contributed by atoms with Crippen LogP contribution in [0.4, 0.5) is 0 Å². The summed E-state index contributed by atoms with van der Waals surface area (Å²) in [5.41, 5.74) is 7.33. The highest BCUT2D eigenvalue weighted by Gasteiger charge is 2.23. The molecule has 1 saturated heterocycles. The van der Waals surface area contributed by atoms with E-state index in [4.69, 9.17) is 6.42 Å². The predicted octanol–water partition coefficient (Wildman–Crippen LogP) is 1.53.